The summed E-state index contributed by atoms with van der Waals surface area (Å²) in [5.41, 5.74) is 1.59. The number of aromatic carboxylic acids is 1. The lowest BCUT2D eigenvalue weighted by atomic mass is 10.1. The first-order valence-electron chi connectivity index (χ1n) is 9.89. The molecule has 8 heteroatoms. The number of rotatable bonds is 8. The molecule has 1 aromatic carbocycles. The summed E-state index contributed by atoms with van der Waals surface area (Å²) in [6.45, 7) is 10.3. The van der Waals surface area contributed by atoms with Crippen molar-refractivity contribution < 1.29 is 18.8 Å². The van der Waals surface area contributed by atoms with Crippen LogP contribution in [0.25, 0.3) is 22.8 Å². The van der Waals surface area contributed by atoms with Crippen LogP contribution in [-0.4, -0.2) is 39.3 Å². The molecule has 2 heterocycles. The molecule has 0 fully saturated rings. The molecule has 158 valence electrons. The Labute approximate surface area is 174 Å². The minimum Gasteiger partial charge on any atom is -0.478 e. The second-order valence-electron chi connectivity index (χ2n) is 7.63. The van der Waals surface area contributed by atoms with Crippen molar-refractivity contribution >= 4 is 11.8 Å². The predicted molar refractivity (Wildman–Crippen MR) is 112 cm³/mol. The number of hydrogen-bond donors (Lipinski definition) is 1. The van der Waals surface area contributed by atoms with Gasteiger partial charge in [-0.05, 0) is 49.1 Å². The van der Waals surface area contributed by atoms with Crippen molar-refractivity contribution in [1.29, 1.82) is 0 Å². The van der Waals surface area contributed by atoms with E-state index in [1.54, 1.807) is 6.20 Å². The van der Waals surface area contributed by atoms with Crippen LogP contribution in [0, 0.1) is 18.7 Å². The molecule has 3 aromatic rings. The minimum atomic E-state index is -1.33. The molecular weight excluding hydrogens is 387 g/mol. The zero-order chi connectivity index (χ0) is 21.8. The SMILES string of the molecule is CCCN(CC(C)C)c1ncc(-c2nc(-c3ccc(C(=O)O)c(F)c3)no2)cc1C. The summed E-state index contributed by atoms with van der Waals surface area (Å²) in [4.78, 5) is 22.2. The van der Waals surface area contributed by atoms with Crippen LogP contribution in [-0.2, 0) is 0 Å². The highest BCUT2D eigenvalue weighted by Gasteiger charge is 2.17. The van der Waals surface area contributed by atoms with E-state index in [9.17, 15) is 9.18 Å². The first-order valence-corrected chi connectivity index (χ1v) is 9.89. The predicted octanol–water partition coefficient (Wildman–Crippen LogP) is 4.82. The van der Waals surface area contributed by atoms with Crippen LogP contribution in [0.3, 0.4) is 0 Å². The third kappa shape index (κ3) is 4.64. The zero-order valence-corrected chi connectivity index (χ0v) is 17.5. The van der Waals surface area contributed by atoms with E-state index < -0.39 is 17.3 Å². The van der Waals surface area contributed by atoms with Gasteiger partial charge in [0.25, 0.3) is 5.89 Å². The summed E-state index contributed by atoms with van der Waals surface area (Å²) < 4.78 is 19.3. The molecule has 0 unspecified atom stereocenters. The van der Waals surface area contributed by atoms with Crippen LogP contribution in [0.2, 0.25) is 0 Å². The largest absolute Gasteiger partial charge is 0.478 e. The third-order valence-electron chi connectivity index (χ3n) is 4.56. The van der Waals surface area contributed by atoms with E-state index in [-0.39, 0.29) is 11.7 Å². The number of halogens is 1. The molecule has 7 nitrogen and oxygen atoms in total. The summed E-state index contributed by atoms with van der Waals surface area (Å²) in [7, 11) is 0. The molecule has 0 spiro atoms. The van der Waals surface area contributed by atoms with Crippen LogP contribution in [0.4, 0.5) is 10.2 Å². The van der Waals surface area contributed by atoms with Gasteiger partial charge in [-0.25, -0.2) is 14.2 Å². The van der Waals surface area contributed by atoms with Crippen LogP contribution in [0.5, 0.6) is 0 Å². The van der Waals surface area contributed by atoms with E-state index in [2.05, 4.69) is 40.8 Å². The molecular formula is C22H25FN4O3. The van der Waals surface area contributed by atoms with E-state index in [4.69, 9.17) is 9.63 Å². The fraction of sp³-hybridized carbons (Fsp3) is 0.364. The van der Waals surface area contributed by atoms with Crippen molar-refractivity contribution in [3.8, 4) is 22.8 Å². The van der Waals surface area contributed by atoms with Gasteiger partial charge in [0.05, 0.1) is 11.1 Å². The van der Waals surface area contributed by atoms with Crippen molar-refractivity contribution in [3.63, 3.8) is 0 Å². The molecule has 2 aromatic heterocycles. The number of aryl methyl sites for hydroxylation is 1. The number of nitrogens with zero attached hydrogens (tertiary/aromatic N) is 4. The standard InChI is InChI=1S/C22H25FN4O3/c1-5-8-27(12-13(2)3)20-14(4)9-16(11-24-20)21-25-19(26-30-21)15-6-7-17(22(28)29)18(23)10-15/h6-7,9-11,13H,5,8,12H2,1-4H3,(H,28,29). The van der Waals surface area contributed by atoms with Gasteiger partial charge in [0, 0.05) is 24.8 Å². The fourth-order valence-electron chi connectivity index (χ4n) is 3.30. The van der Waals surface area contributed by atoms with Gasteiger partial charge in [-0.1, -0.05) is 25.9 Å². The summed E-state index contributed by atoms with van der Waals surface area (Å²) in [6, 6.07) is 5.65. The number of pyridine rings is 1. The average Bonchev–Trinajstić information content (AvgIpc) is 3.17. The fourth-order valence-corrected chi connectivity index (χ4v) is 3.30. The van der Waals surface area contributed by atoms with Gasteiger partial charge in [-0.2, -0.15) is 4.98 Å². The Hall–Kier alpha value is -3.29. The zero-order valence-electron chi connectivity index (χ0n) is 17.5. The minimum absolute atomic E-state index is 0.176. The molecule has 0 amide bonds. The first-order chi connectivity index (χ1) is 14.3. The molecule has 0 bridgehead atoms. The molecule has 0 saturated carbocycles. The van der Waals surface area contributed by atoms with Crippen molar-refractivity contribution in [2.75, 3.05) is 18.0 Å². The number of aromatic nitrogens is 3. The lowest BCUT2D eigenvalue weighted by Gasteiger charge is -2.26. The van der Waals surface area contributed by atoms with Gasteiger partial charge < -0.3 is 14.5 Å². The van der Waals surface area contributed by atoms with E-state index in [0.717, 1.165) is 37.0 Å². The Morgan fingerprint density at radius 3 is 2.63 bits per heavy atom. The van der Waals surface area contributed by atoms with Gasteiger partial charge in [-0.15, -0.1) is 0 Å². The average molecular weight is 412 g/mol. The molecule has 0 atom stereocenters. The molecule has 1 N–H and O–H groups in total. The Morgan fingerprint density at radius 2 is 2.03 bits per heavy atom. The van der Waals surface area contributed by atoms with Crippen molar-refractivity contribution in [2.24, 2.45) is 5.92 Å². The maximum absolute atomic E-state index is 14.0. The Bertz CT molecular complexity index is 1050. The molecule has 3 rings (SSSR count). The topological polar surface area (TPSA) is 92.4 Å². The number of carboxylic acids is 1. The van der Waals surface area contributed by atoms with E-state index in [0.29, 0.717) is 17.0 Å². The third-order valence-corrected chi connectivity index (χ3v) is 4.56. The van der Waals surface area contributed by atoms with Crippen molar-refractivity contribution in [2.45, 2.75) is 34.1 Å². The molecule has 0 aliphatic rings. The number of carboxylic acid groups (broad SMARTS) is 1. The second kappa shape index (κ2) is 9.02. The van der Waals surface area contributed by atoms with Crippen LogP contribution in [0.1, 0.15) is 43.1 Å². The van der Waals surface area contributed by atoms with Crippen molar-refractivity contribution in [1.82, 2.24) is 15.1 Å². The summed E-state index contributed by atoms with van der Waals surface area (Å²) in [6.07, 6.45) is 2.72. The quantitative estimate of drug-likeness (QED) is 0.567. The highest BCUT2D eigenvalue weighted by Crippen LogP contribution is 2.27. The molecule has 0 aliphatic carbocycles. The highest BCUT2D eigenvalue weighted by molar-refractivity contribution is 5.88. The summed E-state index contributed by atoms with van der Waals surface area (Å²) in [5.74, 6) is -0.293. The number of carbonyl (C=O) groups is 1. The van der Waals surface area contributed by atoms with Gasteiger partial charge in [0.15, 0.2) is 0 Å². The first kappa shape index (κ1) is 21.4. The van der Waals surface area contributed by atoms with Crippen molar-refractivity contribution in [3.05, 3.63) is 47.4 Å². The van der Waals surface area contributed by atoms with E-state index in [1.807, 2.05) is 13.0 Å². The Balaban J connectivity index is 1.87. The smallest absolute Gasteiger partial charge is 0.338 e. The van der Waals surface area contributed by atoms with Crippen LogP contribution in [0.15, 0.2) is 35.0 Å². The van der Waals surface area contributed by atoms with Gasteiger partial charge in [0.2, 0.25) is 5.82 Å². The normalized spacial score (nSPS) is 11.1. The maximum atomic E-state index is 14.0. The molecule has 0 radical (unpaired) electrons. The lowest BCUT2D eigenvalue weighted by molar-refractivity contribution is 0.0692. The molecule has 0 aliphatic heterocycles. The monoisotopic (exact) mass is 412 g/mol. The lowest BCUT2D eigenvalue weighted by Crippen LogP contribution is -2.29. The van der Waals surface area contributed by atoms with Gasteiger partial charge in [0.1, 0.15) is 11.6 Å². The van der Waals surface area contributed by atoms with E-state index >= 15 is 0 Å². The molecule has 30 heavy (non-hydrogen) atoms. The Morgan fingerprint density at radius 1 is 1.27 bits per heavy atom. The summed E-state index contributed by atoms with van der Waals surface area (Å²) in [5, 5.41) is 12.8. The van der Waals surface area contributed by atoms with Crippen LogP contribution < -0.4 is 4.90 Å². The summed E-state index contributed by atoms with van der Waals surface area (Å²) >= 11 is 0. The van der Waals surface area contributed by atoms with Crippen LogP contribution >= 0.6 is 0 Å². The molecule has 0 saturated heterocycles. The Kier molecular flexibility index (Phi) is 6.44. The highest BCUT2D eigenvalue weighted by atomic mass is 19.1. The second-order valence-corrected chi connectivity index (χ2v) is 7.63. The van der Waals surface area contributed by atoms with E-state index in [1.165, 1.54) is 12.1 Å². The maximum Gasteiger partial charge on any atom is 0.338 e. The number of benzene rings is 1. The van der Waals surface area contributed by atoms with Gasteiger partial charge >= 0.3 is 5.97 Å². The number of hydrogen-bond acceptors (Lipinski definition) is 6. The number of anilines is 1. The van der Waals surface area contributed by atoms with Gasteiger partial charge in [-0.3, -0.25) is 0 Å².